The molecule has 19 heavy (non-hydrogen) atoms. The molecule has 2 aromatic rings. The zero-order chi connectivity index (χ0) is 13.4. The number of hydrogen-bond donors (Lipinski definition) is 0. The average Bonchev–Trinajstić information content (AvgIpc) is 2.42. The highest BCUT2D eigenvalue weighted by Gasteiger charge is 2.26. The first-order valence-electron chi connectivity index (χ1n) is 6.06. The van der Waals surface area contributed by atoms with E-state index in [1.807, 2.05) is 18.2 Å². The molecule has 1 unspecified atom stereocenters. The van der Waals surface area contributed by atoms with Gasteiger partial charge in [-0.15, -0.1) is 0 Å². The molecule has 4 heteroatoms. The number of carbonyl (C=O) groups excluding carboxylic acids is 2. The van der Waals surface area contributed by atoms with Crippen molar-refractivity contribution in [3.8, 4) is 0 Å². The van der Waals surface area contributed by atoms with Crippen LogP contribution in [-0.2, 0) is 9.47 Å². The van der Waals surface area contributed by atoms with Crippen LogP contribution in [0.5, 0.6) is 0 Å². The molecule has 1 atom stereocenters. The topological polar surface area (TPSA) is 52.6 Å². The van der Waals surface area contributed by atoms with Crippen LogP contribution in [0.25, 0.3) is 10.8 Å². The molecule has 1 heterocycles. The van der Waals surface area contributed by atoms with Gasteiger partial charge in [0, 0.05) is 0 Å². The minimum Gasteiger partial charge on any atom is -0.458 e. The van der Waals surface area contributed by atoms with Gasteiger partial charge in [0.15, 0.2) is 0 Å². The van der Waals surface area contributed by atoms with Gasteiger partial charge in [-0.3, -0.25) is 0 Å². The number of benzene rings is 2. The van der Waals surface area contributed by atoms with E-state index in [-0.39, 0.29) is 17.7 Å². The highest BCUT2D eigenvalue weighted by atomic mass is 16.6. The summed E-state index contributed by atoms with van der Waals surface area (Å²) >= 11 is 0. The summed E-state index contributed by atoms with van der Waals surface area (Å²) in [7, 11) is 0. The third-order valence-electron chi connectivity index (χ3n) is 3.11. The van der Waals surface area contributed by atoms with Gasteiger partial charge in [-0.25, -0.2) is 9.59 Å². The molecule has 0 aromatic heterocycles. The molecule has 0 radical (unpaired) electrons. The van der Waals surface area contributed by atoms with Crippen LogP contribution >= 0.6 is 0 Å². The van der Waals surface area contributed by atoms with E-state index in [2.05, 4.69) is 0 Å². The Morgan fingerprint density at radius 2 is 1.84 bits per heavy atom. The Bertz CT molecular complexity index is 675. The smallest absolute Gasteiger partial charge is 0.340 e. The predicted molar refractivity (Wildman–Crippen MR) is 69.1 cm³/mol. The molecule has 4 nitrogen and oxygen atoms in total. The molecule has 0 N–H and O–H groups in total. The molecule has 0 aliphatic carbocycles. The molecule has 0 amide bonds. The number of fused-ring (bicyclic) bond motifs is 3. The fourth-order valence-electron chi connectivity index (χ4n) is 2.21. The van der Waals surface area contributed by atoms with Crippen LogP contribution in [0.2, 0.25) is 0 Å². The van der Waals surface area contributed by atoms with Crippen LogP contribution in [0.1, 0.15) is 27.6 Å². The Labute approximate surface area is 109 Å². The van der Waals surface area contributed by atoms with Crippen molar-refractivity contribution in [2.45, 2.75) is 13.0 Å². The first kappa shape index (κ1) is 11.7. The normalized spacial score (nSPS) is 19.1. The first-order valence-corrected chi connectivity index (χ1v) is 6.06. The van der Waals surface area contributed by atoms with Gasteiger partial charge in [-0.2, -0.15) is 0 Å². The summed E-state index contributed by atoms with van der Waals surface area (Å²) in [5.74, 6) is -0.958. The van der Waals surface area contributed by atoms with Crippen molar-refractivity contribution < 1.29 is 19.1 Å². The summed E-state index contributed by atoms with van der Waals surface area (Å²) in [4.78, 5) is 24.2. The van der Waals surface area contributed by atoms with Crippen molar-refractivity contribution in [1.82, 2.24) is 0 Å². The van der Waals surface area contributed by atoms with Crippen LogP contribution in [-0.4, -0.2) is 24.6 Å². The second-order valence-electron chi connectivity index (χ2n) is 4.52. The van der Waals surface area contributed by atoms with Crippen molar-refractivity contribution in [2.75, 3.05) is 6.61 Å². The monoisotopic (exact) mass is 256 g/mol. The van der Waals surface area contributed by atoms with E-state index in [1.54, 1.807) is 25.1 Å². The van der Waals surface area contributed by atoms with Gasteiger partial charge in [0.1, 0.15) is 12.7 Å². The number of cyclic esters (lactones) is 2. The molecular weight excluding hydrogens is 244 g/mol. The molecule has 1 aliphatic rings. The Morgan fingerprint density at radius 3 is 2.68 bits per heavy atom. The van der Waals surface area contributed by atoms with Gasteiger partial charge in [-0.05, 0) is 23.8 Å². The highest BCUT2D eigenvalue weighted by Crippen LogP contribution is 2.25. The molecule has 0 fully saturated rings. The van der Waals surface area contributed by atoms with E-state index in [4.69, 9.17) is 9.47 Å². The minimum absolute atomic E-state index is 0.0802. The standard InChI is InChI=1S/C15H12O4/c1-9-8-18-14(16)12-7-6-10-4-2-3-5-11(10)13(12)15(17)19-9/h2-7,9H,8H2,1H3. The summed E-state index contributed by atoms with van der Waals surface area (Å²) in [5.41, 5.74) is 0.547. The zero-order valence-electron chi connectivity index (χ0n) is 10.4. The Kier molecular flexibility index (Phi) is 2.71. The van der Waals surface area contributed by atoms with E-state index >= 15 is 0 Å². The van der Waals surface area contributed by atoms with E-state index < -0.39 is 18.0 Å². The third-order valence-corrected chi connectivity index (χ3v) is 3.11. The lowest BCUT2D eigenvalue weighted by Crippen LogP contribution is -2.27. The number of rotatable bonds is 0. The van der Waals surface area contributed by atoms with Gasteiger partial charge >= 0.3 is 11.9 Å². The Hall–Kier alpha value is -2.36. The van der Waals surface area contributed by atoms with Crippen LogP contribution in [0.3, 0.4) is 0 Å². The summed E-state index contributed by atoms with van der Waals surface area (Å²) in [5, 5.41) is 1.59. The van der Waals surface area contributed by atoms with Crippen LogP contribution in [0.4, 0.5) is 0 Å². The summed E-state index contributed by atoms with van der Waals surface area (Å²) in [6.07, 6.45) is -0.441. The average molecular weight is 256 g/mol. The molecule has 0 bridgehead atoms. The lowest BCUT2D eigenvalue weighted by atomic mass is 9.98. The number of hydrogen-bond acceptors (Lipinski definition) is 4. The van der Waals surface area contributed by atoms with Crippen molar-refractivity contribution in [3.05, 3.63) is 47.5 Å². The maximum Gasteiger partial charge on any atom is 0.340 e. The van der Waals surface area contributed by atoms with Gasteiger partial charge in [0.2, 0.25) is 0 Å². The summed E-state index contributed by atoms with van der Waals surface area (Å²) in [6, 6.07) is 10.8. The van der Waals surface area contributed by atoms with Crippen LogP contribution in [0.15, 0.2) is 36.4 Å². The van der Waals surface area contributed by atoms with Gasteiger partial charge in [-0.1, -0.05) is 30.3 Å². The lowest BCUT2D eigenvalue weighted by Gasteiger charge is -2.19. The lowest BCUT2D eigenvalue weighted by molar-refractivity contribution is 0.000763. The molecule has 3 rings (SSSR count). The van der Waals surface area contributed by atoms with E-state index in [9.17, 15) is 9.59 Å². The quantitative estimate of drug-likeness (QED) is 0.680. The number of ether oxygens (including phenoxy) is 2. The van der Waals surface area contributed by atoms with Gasteiger partial charge in [0.25, 0.3) is 0 Å². The third kappa shape index (κ3) is 1.95. The summed E-state index contributed by atoms with van der Waals surface area (Å²) in [6.45, 7) is 1.78. The SMILES string of the molecule is CC1COC(=O)c2ccc3ccccc3c2C(=O)O1. The second-order valence-corrected chi connectivity index (χ2v) is 4.52. The second kappa shape index (κ2) is 4.39. The Morgan fingerprint density at radius 1 is 1.05 bits per heavy atom. The summed E-state index contributed by atoms with van der Waals surface area (Å²) < 4.78 is 10.4. The predicted octanol–water partition coefficient (Wildman–Crippen LogP) is 2.56. The maximum atomic E-state index is 12.2. The van der Waals surface area contributed by atoms with Crippen molar-refractivity contribution >= 4 is 22.7 Å². The fraction of sp³-hybridized carbons (Fsp3) is 0.200. The van der Waals surface area contributed by atoms with Crippen molar-refractivity contribution in [2.24, 2.45) is 0 Å². The molecule has 0 spiro atoms. The maximum absolute atomic E-state index is 12.2. The van der Waals surface area contributed by atoms with E-state index in [0.29, 0.717) is 5.39 Å². The fourth-order valence-corrected chi connectivity index (χ4v) is 2.21. The molecule has 0 saturated heterocycles. The zero-order valence-corrected chi connectivity index (χ0v) is 10.4. The Balaban J connectivity index is 2.30. The largest absolute Gasteiger partial charge is 0.458 e. The van der Waals surface area contributed by atoms with Gasteiger partial charge in [0.05, 0.1) is 11.1 Å². The first-order chi connectivity index (χ1) is 9.16. The molecule has 96 valence electrons. The minimum atomic E-state index is -0.482. The highest BCUT2D eigenvalue weighted by molar-refractivity contribution is 6.13. The number of carbonyl (C=O) groups is 2. The molecule has 0 saturated carbocycles. The van der Waals surface area contributed by atoms with Crippen LogP contribution < -0.4 is 0 Å². The van der Waals surface area contributed by atoms with E-state index in [0.717, 1.165) is 5.39 Å². The van der Waals surface area contributed by atoms with Crippen LogP contribution in [0, 0.1) is 0 Å². The van der Waals surface area contributed by atoms with E-state index in [1.165, 1.54) is 0 Å². The molecular formula is C15H12O4. The molecule has 1 aliphatic heterocycles. The van der Waals surface area contributed by atoms with Crippen molar-refractivity contribution in [1.29, 1.82) is 0 Å². The number of esters is 2. The van der Waals surface area contributed by atoms with Crippen molar-refractivity contribution in [3.63, 3.8) is 0 Å². The molecule has 2 aromatic carbocycles. The van der Waals surface area contributed by atoms with Gasteiger partial charge < -0.3 is 9.47 Å².